The van der Waals surface area contributed by atoms with Crippen molar-refractivity contribution in [3.8, 4) is 22.6 Å². The molecular weight excluding hydrogens is 511 g/mol. The Hall–Kier alpha value is -3.69. The van der Waals surface area contributed by atoms with E-state index in [2.05, 4.69) is 24.8 Å². The number of amides is 1. The highest BCUT2D eigenvalue weighted by Crippen LogP contribution is 2.37. The molecule has 1 N–H and O–H groups in total. The molecule has 7 nitrogen and oxygen atoms in total. The summed E-state index contributed by atoms with van der Waals surface area (Å²) in [5.74, 6) is -0.00171. The van der Waals surface area contributed by atoms with Gasteiger partial charge in [-0.3, -0.25) is 14.8 Å². The van der Waals surface area contributed by atoms with Crippen LogP contribution in [0.1, 0.15) is 41.5 Å². The zero-order chi connectivity index (χ0) is 25.4. The zero-order valence-electron chi connectivity index (χ0n) is 19.6. The SMILES string of the molecule is O=C(N[C@H]1CCC[C@@H](n2c(-c3ccccc3F)nc3cnc(-c4cccnc4)cc32)C1)c1ncc(Cl)s1. The van der Waals surface area contributed by atoms with E-state index in [1.54, 1.807) is 30.7 Å². The van der Waals surface area contributed by atoms with E-state index in [1.165, 1.54) is 12.3 Å². The maximum Gasteiger partial charge on any atom is 0.280 e. The van der Waals surface area contributed by atoms with E-state index in [1.807, 2.05) is 24.3 Å². The molecule has 37 heavy (non-hydrogen) atoms. The summed E-state index contributed by atoms with van der Waals surface area (Å²) in [6.45, 7) is 0. The summed E-state index contributed by atoms with van der Waals surface area (Å²) < 4.78 is 17.6. The molecule has 10 heteroatoms. The third-order valence-electron chi connectivity index (χ3n) is 6.67. The summed E-state index contributed by atoms with van der Waals surface area (Å²) in [7, 11) is 0. The van der Waals surface area contributed by atoms with Gasteiger partial charge in [-0.05, 0) is 56.0 Å². The fraction of sp³-hybridized carbons (Fsp3) is 0.222. The van der Waals surface area contributed by atoms with Crippen molar-refractivity contribution in [3.05, 3.63) is 82.4 Å². The van der Waals surface area contributed by atoms with Crippen LogP contribution in [0.3, 0.4) is 0 Å². The molecule has 0 spiro atoms. The molecule has 186 valence electrons. The number of halogens is 2. The molecule has 6 rings (SSSR count). The third-order valence-corrected chi connectivity index (χ3v) is 7.78. The van der Waals surface area contributed by atoms with E-state index < -0.39 is 0 Å². The maximum absolute atomic E-state index is 15.0. The molecule has 0 unspecified atom stereocenters. The first kappa shape index (κ1) is 23.7. The van der Waals surface area contributed by atoms with Gasteiger partial charge < -0.3 is 9.88 Å². The van der Waals surface area contributed by atoms with Crippen LogP contribution in [0.25, 0.3) is 33.7 Å². The summed E-state index contributed by atoms with van der Waals surface area (Å²) in [4.78, 5) is 30.5. The predicted molar refractivity (Wildman–Crippen MR) is 142 cm³/mol. The number of nitrogens with zero attached hydrogens (tertiary/aromatic N) is 5. The number of hydrogen-bond donors (Lipinski definition) is 1. The molecule has 4 aromatic heterocycles. The first-order valence-corrected chi connectivity index (χ1v) is 13.2. The van der Waals surface area contributed by atoms with Crippen molar-refractivity contribution in [3.63, 3.8) is 0 Å². The van der Waals surface area contributed by atoms with Crippen molar-refractivity contribution >= 4 is 39.9 Å². The Labute approximate surface area is 221 Å². The predicted octanol–water partition coefficient (Wildman–Crippen LogP) is 6.32. The lowest BCUT2D eigenvalue weighted by Crippen LogP contribution is -2.39. The van der Waals surface area contributed by atoms with Crippen LogP contribution in [0.15, 0.2) is 67.3 Å². The van der Waals surface area contributed by atoms with E-state index >= 15 is 0 Å². The van der Waals surface area contributed by atoms with Gasteiger partial charge in [0.2, 0.25) is 0 Å². The molecule has 1 fully saturated rings. The van der Waals surface area contributed by atoms with Crippen LogP contribution in [0.5, 0.6) is 0 Å². The number of thiazole rings is 1. The standard InChI is InChI=1S/C27H22ClFN6OS/c28-24-15-32-27(37-24)26(36)33-17-6-3-7-18(11-17)35-23-12-21(16-5-4-10-30-13-16)31-14-22(23)34-25(35)19-8-1-2-9-20(19)29/h1-2,4-5,8-10,12-15,17-18H,3,6-7,11H2,(H,33,36)/t17-,18+/m0/s1. The summed E-state index contributed by atoms with van der Waals surface area (Å²) >= 11 is 7.12. The molecule has 1 aromatic carbocycles. The lowest BCUT2D eigenvalue weighted by Gasteiger charge is -2.32. The minimum Gasteiger partial charge on any atom is -0.347 e. The molecule has 1 saturated carbocycles. The second-order valence-corrected chi connectivity index (χ2v) is 10.7. The molecule has 1 aliphatic rings. The summed E-state index contributed by atoms with van der Waals surface area (Å²) in [5, 5.41) is 3.46. The largest absolute Gasteiger partial charge is 0.347 e. The van der Waals surface area contributed by atoms with Gasteiger partial charge in [0.1, 0.15) is 21.5 Å². The topological polar surface area (TPSA) is 85.6 Å². The highest BCUT2D eigenvalue weighted by atomic mass is 35.5. The zero-order valence-corrected chi connectivity index (χ0v) is 21.2. The second kappa shape index (κ2) is 9.99. The molecule has 5 aromatic rings. The highest BCUT2D eigenvalue weighted by Gasteiger charge is 2.29. The maximum atomic E-state index is 15.0. The van der Waals surface area contributed by atoms with Crippen LogP contribution >= 0.6 is 22.9 Å². The smallest absolute Gasteiger partial charge is 0.280 e. The average Bonchev–Trinajstić information content (AvgIpc) is 3.53. The number of imidazole rings is 1. The van der Waals surface area contributed by atoms with Crippen molar-refractivity contribution in [2.45, 2.75) is 37.8 Å². The molecule has 1 aliphatic carbocycles. The molecule has 4 heterocycles. The minimum atomic E-state index is -0.333. The Morgan fingerprint density at radius 2 is 2.00 bits per heavy atom. The number of carbonyl (C=O) groups excluding carboxylic acids is 1. The molecule has 2 atom stereocenters. The Balaban J connectivity index is 1.41. The van der Waals surface area contributed by atoms with Crippen LogP contribution < -0.4 is 5.32 Å². The Morgan fingerprint density at radius 3 is 2.78 bits per heavy atom. The molecule has 0 saturated heterocycles. The quantitative estimate of drug-likeness (QED) is 0.286. The van der Waals surface area contributed by atoms with Crippen LogP contribution in [0.4, 0.5) is 4.39 Å². The monoisotopic (exact) mass is 532 g/mol. The second-order valence-electron chi connectivity index (χ2n) is 9.05. The fourth-order valence-corrected chi connectivity index (χ4v) is 5.82. The van der Waals surface area contributed by atoms with Gasteiger partial charge in [0.05, 0.1) is 29.2 Å². The van der Waals surface area contributed by atoms with E-state index in [0.717, 1.165) is 47.4 Å². The van der Waals surface area contributed by atoms with Gasteiger partial charge in [0, 0.05) is 30.0 Å². The van der Waals surface area contributed by atoms with Crippen LogP contribution in [-0.4, -0.2) is 36.5 Å². The Kier molecular flexibility index (Phi) is 6.40. The van der Waals surface area contributed by atoms with Crippen LogP contribution in [-0.2, 0) is 0 Å². The van der Waals surface area contributed by atoms with E-state index in [4.69, 9.17) is 16.6 Å². The molecule has 0 bridgehead atoms. The Bertz CT molecular complexity index is 1590. The van der Waals surface area contributed by atoms with E-state index in [-0.39, 0.29) is 23.8 Å². The van der Waals surface area contributed by atoms with Gasteiger partial charge in [0.15, 0.2) is 5.01 Å². The van der Waals surface area contributed by atoms with E-state index in [0.29, 0.717) is 32.7 Å². The van der Waals surface area contributed by atoms with Crippen molar-refractivity contribution in [1.29, 1.82) is 0 Å². The number of pyridine rings is 2. The third kappa shape index (κ3) is 4.72. The van der Waals surface area contributed by atoms with Gasteiger partial charge in [-0.15, -0.1) is 0 Å². The van der Waals surface area contributed by atoms with Crippen molar-refractivity contribution in [1.82, 2.24) is 29.8 Å². The van der Waals surface area contributed by atoms with Gasteiger partial charge >= 0.3 is 0 Å². The van der Waals surface area contributed by atoms with Crippen molar-refractivity contribution in [2.75, 3.05) is 0 Å². The first-order valence-electron chi connectivity index (χ1n) is 12.0. The number of rotatable bonds is 5. The number of hydrogen-bond acceptors (Lipinski definition) is 6. The molecule has 1 amide bonds. The summed E-state index contributed by atoms with van der Waals surface area (Å²) in [6.07, 6.45) is 10.0. The first-order chi connectivity index (χ1) is 18.1. The summed E-state index contributed by atoms with van der Waals surface area (Å²) in [6, 6.07) is 12.4. The van der Waals surface area contributed by atoms with Crippen molar-refractivity contribution in [2.24, 2.45) is 0 Å². The van der Waals surface area contributed by atoms with Gasteiger partial charge in [0.25, 0.3) is 5.91 Å². The van der Waals surface area contributed by atoms with Crippen LogP contribution in [0.2, 0.25) is 4.34 Å². The number of aromatic nitrogens is 5. The minimum absolute atomic E-state index is 0.00249. The fourth-order valence-electron chi connectivity index (χ4n) is 5.01. The van der Waals surface area contributed by atoms with Crippen molar-refractivity contribution < 1.29 is 9.18 Å². The molecule has 0 radical (unpaired) electrons. The number of nitrogens with one attached hydrogen (secondary N) is 1. The van der Waals surface area contributed by atoms with E-state index in [9.17, 15) is 9.18 Å². The summed E-state index contributed by atoms with van der Waals surface area (Å²) in [5.41, 5.74) is 3.65. The van der Waals surface area contributed by atoms with Gasteiger partial charge in [-0.25, -0.2) is 14.4 Å². The molecule has 0 aliphatic heterocycles. The number of fused-ring (bicyclic) bond motifs is 1. The number of benzene rings is 1. The van der Waals surface area contributed by atoms with Gasteiger partial charge in [-0.1, -0.05) is 35.1 Å². The average molecular weight is 533 g/mol. The highest BCUT2D eigenvalue weighted by molar-refractivity contribution is 7.17. The molecular formula is C27H22ClFN6OS. The van der Waals surface area contributed by atoms with Gasteiger partial charge in [-0.2, -0.15) is 0 Å². The normalized spacial score (nSPS) is 17.7. The number of carbonyl (C=O) groups is 1. The van der Waals surface area contributed by atoms with Crippen LogP contribution in [0, 0.1) is 5.82 Å². The Morgan fingerprint density at radius 1 is 1.11 bits per heavy atom. The lowest BCUT2D eigenvalue weighted by molar-refractivity contribution is 0.0920. The lowest BCUT2D eigenvalue weighted by atomic mass is 9.90.